The molecule has 3 nitrogen and oxygen atoms in total. The van der Waals surface area contributed by atoms with Crippen LogP contribution in [0.2, 0.25) is 0 Å². The molecule has 1 N–H and O–H groups in total. The summed E-state index contributed by atoms with van der Waals surface area (Å²) in [5.74, 6) is -1.51. The predicted octanol–water partition coefficient (Wildman–Crippen LogP) is 4.03. The van der Waals surface area contributed by atoms with E-state index in [2.05, 4.69) is 5.32 Å². The van der Waals surface area contributed by atoms with Gasteiger partial charge in [-0.25, -0.2) is 8.78 Å². The highest BCUT2D eigenvalue weighted by Gasteiger charge is 2.18. The van der Waals surface area contributed by atoms with Crippen molar-refractivity contribution < 1.29 is 13.6 Å². The summed E-state index contributed by atoms with van der Waals surface area (Å²) >= 11 is 0. The second-order valence-corrected chi connectivity index (χ2v) is 5.22. The Hall–Kier alpha value is -2.74. The number of allylic oxidation sites excluding steroid dienone is 4. The standard InChI is InChI=1S/C18H16F2N2O/c1-12(14-6-8-15(19)9-7-14)22-18(23)16-10-13(11-21)4-2-3-5-17(16)20/h2,4,6-10,12H,3,5H2,1H3,(H,22,23). The van der Waals surface area contributed by atoms with Gasteiger partial charge in [0.2, 0.25) is 0 Å². The van der Waals surface area contributed by atoms with Gasteiger partial charge in [0, 0.05) is 6.42 Å². The number of halogens is 2. The molecule has 1 amide bonds. The summed E-state index contributed by atoms with van der Waals surface area (Å²) in [5, 5.41) is 11.7. The van der Waals surface area contributed by atoms with Crippen LogP contribution < -0.4 is 5.32 Å². The molecule has 1 unspecified atom stereocenters. The largest absolute Gasteiger partial charge is 0.345 e. The van der Waals surface area contributed by atoms with Crippen LogP contribution in [0.5, 0.6) is 0 Å². The molecule has 1 aromatic rings. The first-order valence-corrected chi connectivity index (χ1v) is 7.24. The molecule has 23 heavy (non-hydrogen) atoms. The molecule has 0 heterocycles. The van der Waals surface area contributed by atoms with Crippen LogP contribution in [-0.2, 0) is 4.79 Å². The number of carbonyl (C=O) groups excluding carboxylic acids is 1. The van der Waals surface area contributed by atoms with E-state index < -0.39 is 17.8 Å². The molecule has 0 fully saturated rings. The van der Waals surface area contributed by atoms with E-state index in [1.54, 1.807) is 31.2 Å². The van der Waals surface area contributed by atoms with Gasteiger partial charge >= 0.3 is 0 Å². The lowest BCUT2D eigenvalue weighted by Crippen LogP contribution is -2.28. The van der Waals surface area contributed by atoms with Crippen LogP contribution in [0.15, 0.2) is 59.5 Å². The van der Waals surface area contributed by atoms with Gasteiger partial charge < -0.3 is 5.32 Å². The van der Waals surface area contributed by atoms with E-state index in [0.29, 0.717) is 12.0 Å². The zero-order valence-electron chi connectivity index (χ0n) is 12.6. The average molecular weight is 314 g/mol. The SMILES string of the molecule is CC(NC(=O)C1=C(F)CCC=CC(C#N)=C1)c1ccc(F)cc1. The number of nitrogens with zero attached hydrogens (tertiary/aromatic N) is 1. The van der Waals surface area contributed by atoms with Crippen LogP contribution in [0.3, 0.4) is 0 Å². The molecule has 0 saturated carbocycles. The first-order chi connectivity index (χ1) is 11.0. The maximum absolute atomic E-state index is 14.1. The van der Waals surface area contributed by atoms with Gasteiger partial charge in [-0.3, -0.25) is 4.79 Å². The minimum absolute atomic E-state index is 0.111. The van der Waals surface area contributed by atoms with E-state index in [-0.39, 0.29) is 23.4 Å². The normalized spacial score (nSPS) is 16.0. The smallest absolute Gasteiger partial charge is 0.254 e. The maximum atomic E-state index is 14.1. The van der Waals surface area contributed by atoms with E-state index in [0.717, 1.165) is 0 Å². The summed E-state index contributed by atoms with van der Waals surface area (Å²) in [6.45, 7) is 1.72. The summed E-state index contributed by atoms with van der Waals surface area (Å²) in [6, 6.07) is 7.22. The van der Waals surface area contributed by atoms with Gasteiger partial charge in [-0.1, -0.05) is 18.2 Å². The number of hydrogen-bond acceptors (Lipinski definition) is 2. The second kappa shape index (κ2) is 7.50. The molecule has 5 heteroatoms. The molecule has 1 aliphatic carbocycles. The van der Waals surface area contributed by atoms with E-state index in [1.807, 2.05) is 6.07 Å². The highest BCUT2D eigenvalue weighted by Crippen LogP contribution is 2.21. The summed E-state index contributed by atoms with van der Waals surface area (Å²) in [6.07, 6.45) is 5.06. The van der Waals surface area contributed by atoms with Gasteiger partial charge in [-0.2, -0.15) is 5.26 Å². The third-order valence-corrected chi connectivity index (χ3v) is 3.51. The second-order valence-electron chi connectivity index (χ2n) is 5.22. The fraction of sp³-hybridized carbons (Fsp3) is 0.222. The molecule has 118 valence electrons. The molecule has 0 spiro atoms. The Labute approximate surface area is 133 Å². The van der Waals surface area contributed by atoms with E-state index in [1.165, 1.54) is 18.2 Å². The van der Waals surface area contributed by atoms with E-state index >= 15 is 0 Å². The number of nitriles is 1. The highest BCUT2D eigenvalue weighted by atomic mass is 19.1. The van der Waals surface area contributed by atoms with Gasteiger partial charge in [-0.05, 0) is 43.2 Å². The van der Waals surface area contributed by atoms with Crippen molar-refractivity contribution in [3.05, 3.63) is 70.8 Å². The Morgan fingerprint density at radius 1 is 1.30 bits per heavy atom. The summed E-state index contributed by atoms with van der Waals surface area (Å²) < 4.78 is 27.1. The number of carbonyl (C=O) groups is 1. The number of amides is 1. The topological polar surface area (TPSA) is 52.9 Å². The van der Waals surface area contributed by atoms with Gasteiger partial charge in [0.05, 0.1) is 23.3 Å². The molecular formula is C18H16F2N2O. The van der Waals surface area contributed by atoms with Gasteiger partial charge in [0.15, 0.2) is 0 Å². The third-order valence-electron chi connectivity index (χ3n) is 3.51. The van der Waals surface area contributed by atoms with E-state index in [9.17, 15) is 13.6 Å². The summed E-state index contributed by atoms with van der Waals surface area (Å²) in [5.41, 5.74) is 0.787. The molecular weight excluding hydrogens is 298 g/mol. The summed E-state index contributed by atoms with van der Waals surface area (Å²) in [4.78, 5) is 12.3. The molecule has 1 aromatic carbocycles. The zero-order chi connectivity index (χ0) is 16.8. The fourth-order valence-corrected chi connectivity index (χ4v) is 2.20. The van der Waals surface area contributed by atoms with Crippen LogP contribution in [0.25, 0.3) is 0 Å². The number of nitrogens with one attached hydrogen (secondary N) is 1. The zero-order valence-corrected chi connectivity index (χ0v) is 12.6. The molecule has 0 radical (unpaired) electrons. The highest BCUT2D eigenvalue weighted by molar-refractivity contribution is 5.97. The van der Waals surface area contributed by atoms with Crippen LogP contribution in [-0.4, -0.2) is 5.91 Å². The third kappa shape index (κ3) is 4.36. The molecule has 2 rings (SSSR count). The monoisotopic (exact) mass is 314 g/mol. The van der Waals surface area contributed by atoms with Gasteiger partial charge in [0.1, 0.15) is 11.6 Å². The van der Waals surface area contributed by atoms with Crippen molar-refractivity contribution in [1.29, 1.82) is 5.26 Å². The van der Waals surface area contributed by atoms with Crippen molar-refractivity contribution in [3.63, 3.8) is 0 Å². The number of benzene rings is 1. The number of rotatable bonds is 3. The first kappa shape index (κ1) is 16.6. The van der Waals surface area contributed by atoms with Crippen molar-refractivity contribution in [2.45, 2.75) is 25.8 Å². The van der Waals surface area contributed by atoms with Crippen molar-refractivity contribution in [2.75, 3.05) is 0 Å². The molecule has 0 aromatic heterocycles. The fourth-order valence-electron chi connectivity index (χ4n) is 2.20. The minimum Gasteiger partial charge on any atom is -0.345 e. The Morgan fingerprint density at radius 2 is 2.00 bits per heavy atom. The van der Waals surface area contributed by atoms with Gasteiger partial charge in [-0.15, -0.1) is 0 Å². The maximum Gasteiger partial charge on any atom is 0.254 e. The number of hydrogen-bond donors (Lipinski definition) is 1. The Kier molecular flexibility index (Phi) is 5.42. The van der Waals surface area contributed by atoms with E-state index in [4.69, 9.17) is 5.26 Å². The summed E-state index contributed by atoms with van der Waals surface area (Å²) in [7, 11) is 0. The molecule has 0 aliphatic heterocycles. The van der Waals surface area contributed by atoms with Crippen LogP contribution in [0, 0.1) is 17.1 Å². The van der Waals surface area contributed by atoms with Crippen molar-refractivity contribution >= 4 is 5.91 Å². The predicted molar refractivity (Wildman–Crippen MR) is 83.2 cm³/mol. The van der Waals surface area contributed by atoms with Crippen molar-refractivity contribution in [2.24, 2.45) is 0 Å². The van der Waals surface area contributed by atoms with Crippen LogP contribution in [0.4, 0.5) is 8.78 Å². The lowest BCUT2D eigenvalue weighted by molar-refractivity contribution is -0.117. The minimum atomic E-state index is -0.595. The Bertz CT molecular complexity index is 724. The molecule has 1 aliphatic rings. The van der Waals surface area contributed by atoms with Crippen LogP contribution in [0.1, 0.15) is 31.4 Å². The Morgan fingerprint density at radius 3 is 2.65 bits per heavy atom. The lowest BCUT2D eigenvalue weighted by Gasteiger charge is -2.16. The van der Waals surface area contributed by atoms with Crippen molar-refractivity contribution in [3.8, 4) is 6.07 Å². The van der Waals surface area contributed by atoms with Crippen molar-refractivity contribution in [1.82, 2.24) is 5.32 Å². The van der Waals surface area contributed by atoms with Gasteiger partial charge in [0.25, 0.3) is 5.91 Å². The molecule has 0 bridgehead atoms. The Balaban J connectivity index is 2.21. The quantitative estimate of drug-likeness (QED) is 0.916. The first-order valence-electron chi connectivity index (χ1n) is 7.24. The molecule has 0 saturated heterocycles. The van der Waals surface area contributed by atoms with Crippen LogP contribution >= 0.6 is 0 Å². The molecule has 1 atom stereocenters. The average Bonchev–Trinajstić information content (AvgIpc) is 2.52. The lowest BCUT2D eigenvalue weighted by atomic mass is 10.0.